The van der Waals surface area contributed by atoms with Gasteiger partial charge in [-0.1, -0.05) is 23.2 Å². The van der Waals surface area contributed by atoms with Crippen molar-refractivity contribution in [3.8, 4) is 0 Å². The number of rotatable bonds is 5. The third-order valence-electron chi connectivity index (χ3n) is 3.73. The molecule has 1 aromatic carbocycles. The van der Waals surface area contributed by atoms with Gasteiger partial charge in [0.05, 0.1) is 20.9 Å². The van der Waals surface area contributed by atoms with E-state index in [0.717, 1.165) is 0 Å². The van der Waals surface area contributed by atoms with Crippen LogP contribution in [0, 0.1) is 5.92 Å². The van der Waals surface area contributed by atoms with Crippen LogP contribution >= 0.6 is 23.2 Å². The summed E-state index contributed by atoms with van der Waals surface area (Å²) in [5, 5.41) is 3.18. The molecule has 1 fully saturated rings. The molecule has 1 aromatic rings. The number of carbonyl (C=O) groups is 1. The smallest absolute Gasteiger partial charge is 0.243 e. The predicted octanol–water partition coefficient (Wildman–Crippen LogP) is 1.47. The van der Waals surface area contributed by atoms with Gasteiger partial charge >= 0.3 is 0 Å². The Labute approximate surface area is 146 Å². The molecular formula is C14H19Cl2N3O3S. The molecule has 1 aliphatic rings. The van der Waals surface area contributed by atoms with Crippen LogP contribution in [0.5, 0.6) is 0 Å². The molecule has 1 aliphatic heterocycles. The van der Waals surface area contributed by atoms with Crippen molar-refractivity contribution in [2.45, 2.75) is 17.7 Å². The average Bonchev–Trinajstić information content (AvgIpc) is 2.55. The molecule has 1 amide bonds. The van der Waals surface area contributed by atoms with Gasteiger partial charge in [-0.2, -0.15) is 4.31 Å². The topological polar surface area (TPSA) is 92.5 Å². The maximum Gasteiger partial charge on any atom is 0.243 e. The van der Waals surface area contributed by atoms with Crippen LogP contribution in [0.1, 0.15) is 12.8 Å². The summed E-state index contributed by atoms with van der Waals surface area (Å²) in [4.78, 5) is 12.1. The molecule has 3 N–H and O–H groups in total. The Morgan fingerprint density at radius 1 is 1.35 bits per heavy atom. The lowest BCUT2D eigenvalue weighted by Crippen LogP contribution is -2.46. The third-order valence-corrected chi connectivity index (χ3v) is 6.33. The predicted molar refractivity (Wildman–Crippen MR) is 90.0 cm³/mol. The first-order chi connectivity index (χ1) is 10.9. The van der Waals surface area contributed by atoms with E-state index in [1.165, 1.54) is 22.5 Å². The lowest BCUT2D eigenvalue weighted by molar-refractivity contribution is -0.126. The van der Waals surface area contributed by atoms with Gasteiger partial charge in [-0.05, 0) is 31.0 Å². The Balaban J connectivity index is 2.16. The van der Waals surface area contributed by atoms with Crippen LogP contribution in [0.4, 0.5) is 0 Å². The highest BCUT2D eigenvalue weighted by molar-refractivity contribution is 7.89. The molecule has 0 bridgehead atoms. The van der Waals surface area contributed by atoms with Crippen LogP contribution in [0.3, 0.4) is 0 Å². The van der Waals surface area contributed by atoms with Crippen molar-refractivity contribution in [2.24, 2.45) is 11.7 Å². The highest BCUT2D eigenvalue weighted by atomic mass is 35.5. The molecule has 1 heterocycles. The summed E-state index contributed by atoms with van der Waals surface area (Å²) in [6, 6.07) is 4.20. The quantitative estimate of drug-likeness (QED) is 0.809. The minimum absolute atomic E-state index is 0.0786. The number of sulfonamides is 1. The minimum atomic E-state index is -3.70. The normalized spacial score (nSPS) is 19.5. The highest BCUT2D eigenvalue weighted by Crippen LogP contribution is 2.28. The average molecular weight is 380 g/mol. The summed E-state index contributed by atoms with van der Waals surface area (Å²) in [6.07, 6.45) is 1.28. The molecule has 0 spiro atoms. The van der Waals surface area contributed by atoms with E-state index in [-0.39, 0.29) is 28.3 Å². The van der Waals surface area contributed by atoms with Crippen molar-refractivity contribution in [1.29, 1.82) is 0 Å². The Bertz CT molecular complexity index is 682. The van der Waals surface area contributed by atoms with Gasteiger partial charge in [-0.15, -0.1) is 0 Å². The van der Waals surface area contributed by atoms with Crippen molar-refractivity contribution in [3.63, 3.8) is 0 Å². The Hall–Kier alpha value is -0.860. The maximum atomic E-state index is 12.7. The first-order valence-corrected chi connectivity index (χ1v) is 9.49. The number of hydrogen-bond donors (Lipinski definition) is 2. The van der Waals surface area contributed by atoms with Crippen molar-refractivity contribution < 1.29 is 13.2 Å². The Kier molecular flexibility index (Phi) is 6.27. The van der Waals surface area contributed by atoms with Crippen LogP contribution in [-0.4, -0.2) is 44.8 Å². The number of nitrogens with zero attached hydrogens (tertiary/aromatic N) is 1. The van der Waals surface area contributed by atoms with E-state index in [2.05, 4.69) is 5.32 Å². The summed E-state index contributed by atoms with van der Waals surface area (Å²) in [6.45, 7) is 1.26. The standard InChI is InChI=1S/C14H19Cl2N3O3S/c15-12-4-3-11(8-13(12)16)23(21,22)19-7-1-2-10(9-19)14(20)18-6-5-17/h3-4,8,10H,1-2,5-7,9,17H2,(H,18,20). The van der Waals surface area contributed by atoms with Gasteiger partial charge in [-0.3, -0.25) is 4.79 Å². The van der Waals surface area contributed by atoms with E-state index in [1.807, 2.05) is 0 Å². The number of carbonyl (C=O) groups excluding carboxylic acids is 1. The largest absolute Gasteiger partial charge is 0.355 e. The van der Waals surface area contributed by atoms with Gasteiger partial charge in [0, 0.05) is 26.2 Å². The molecule has 0 aliphatic carbocycles. The molecule has 0 radical (unpaired) electrons. The highest BCUT2D eigenvalue weighted by Gasteiger charge is 2.33. The van der Waals surface area contributed by atoms with Crippen LogP contribution < -0.4 is 11.1 Å². The summed E-state index contributed by atoms with van der Waals surface area (Å²) in [5.74, 6) is -0.530. The van der Waals surface area contributed by atoms with Gasteiger partial charge in [0.1, 0.15) is 0 Å². The van der Waals surface area contributed by atoms with E-state index in [1.54, 1.807) is 0 Å². The lowest BCUT2D eigenvalue weighted by atomic mass is 9.99. The van der Waals surface area contributed by atoms with Gasteiger partial charge in [0.25, 0.3) is 0 Å². The molecular weight excluding hydrogens is 361 g/mol. The van der Waals surface area contributed by atoms with Crippen molar-refractivity contribution >= 4 is 39.1 Å². The zero-order chi connectivity index (χ0) is 17.0. The van der Waals surface area contributed by atoms with E-state index in [4.69, 9.17) is 28.9 Å². The molecule has 0 aromatic heterocycles. The summed E-state index contributed by atoms with van der Waals surface area (Å²) >= 11 is 11.7. The number of benzene rings is 1. The van der Waals surface area contributed by atoms with Crippen LogP contribution in [-0.2, 0) is 14.8 Å². The second kappa shape index (κ2) is 7.81. The van der Waals surface area contributed by atoms with Crippen molar-refractivity contribution in [3.05, 3.63) is 28.2 Å². The van der Waals surface area contributed by atoms with E-state index in [0.29, 0.717) is 37.5 Å². The monoisotopic (exact) mass is 379 g/mol. The first kappa shape index (κ1) is 18.5. The van der Waals surface area contributed by atoms with Crippen molar-refractivity contribution in [2.75, 3.05) is 26.2 Å². The first-order valence-electron chi connectivity index (χ1n) is 7.29. The van der Waals surface area contributed by atoms with Gasteiger partial charge < -0.3 is 11.1 Å². The number of halogens is 2. The second-order valence-corrected chi connectivity index (χ2v) is 8.11. The van der Waals surface area contributed by atoms with Crippen LogP contribution in [0.15, 0.2) is 23.1 Å². The fraction of sp³-hybridized carbons (Fsp3) is 0.500. The minimum Gasteiger partial charge on any atom is -0.355 e. The Morgan fingerprint density at radius 2 is 2.09 bits per heavy atom. The zero-order valence-electron chi connectivity index (χ0n) is 12.5. The van der Waals surface area contributed by atoms with Gasteiger partial charge in [0.2, 0.25) is 15.9 Å². The van der Waals surface area contributed by atoms with E-state index in [9.17, 15) is 13.2 Å². The maximum absolute atomic E-state index is 12.7. The molecule has 1 saturated heterocycles. The molecule has 6 nitrogen and oxygen atoms in total. The second-order valence-electron chi connectivity index (χ2n) is 5.36. The summed E-state index contributed by atoms with van der Waals surface area (Å²) < 4.78 is 26.7. The number of nitrogens with two attached hydrogens (primary N) is 1. The molecule has 2 rings (SSSR count). The fourth-order valence-corrected chi connectivity index (χ4v) is 4.41. The molecule has 0 saturated carbocycles. The molecule has 1 unspecified atom stereocenters. The van der Waals surface area contributed by atoms with Gasteiger partial charge in [-0.25, -0.2) is 8.42 Å². The third kappa shape index (κ3) is 4.36. The number of amides is 1. The van der Waals surface area contributed by atoms with Gasteiger partial charge in [0.15, 0.2) is 0 Å². The molecule has 23 heavy (non-hydrogen) atoms. The van der Waals surface area contributed by atoms with Crippen molar-refractivity contribution in [1.82, 2.24) is 9.62 Å². The number of nitrogens with one attached hydrogen (secondary N) is 1. The molecule has 9 heteroatoms. The molecule has 1 atom stereocenters. The van der Waals surface area contributed by atoms with Crippen LogP contribution in [0.2, 0.25) is 10.0 Å². The van der Waals surface area contributed by atoms with Crippen LogP contribution in [0.25, 0.3) is 0 Å². The fourth-order valence-electron chi connectivity index (χ4n) is 2.50. The summed E-state index contributed by atoms with van der Waals surface area (Å²) in [5.41, 5.74) is 5.36. The lowest BCUT2D eigenvalue weighted by Gasteiger charge is -2.31. The van der Waals surface area contributed by atoms with E-state index >= 15 is 0 Å². The summed E-state index contributed by atoms with van der Waals surface area (Å²) in [7, 11) is -3.70. The molecule has 128 valence electrons. The SMILES string of the molecule is NCCNC(=O)C1CCCN(S(=O)(=O)c2ccc(Cl)c(Cl)c2)C1. The number of piperidine rings is 1. The number of hydrogen-bond acceptors (Lipinski definition) is 4. The van der Waals surface area contributed by atoms with E-state index < -0.39 is 10.0 Å². The Morgan fingerprint density at radius 3 is 2.74 bits per heavy atom. The zero-order valence-corrected chi connectivity index (χ0v) is 14.8.